The fourth-order valence-corrected chi connectivity index (χ4v) is 3.07. The highest BCUT2D eigenvalue weighted by Crippen LogP contribution is 2.27. The summed E-state index contributed by atoms with van der Waals surface area (Å²) in [6.45, 7) is -0.212. The highest BCUT2D eigenvalue weighted by molar-refractivity contribution is 7.87. The van der Waals surface area contributed by atoms with Crippen molar-refractivity contribution < 1.29 is 61.8 Å². The summed E-state index contributed by atoms with van der Waals surface area (Å²) in [5.41, 5.74) is 0. The Bertz CT molecular complexity index is 603. The molecule has 0 fully saturated rings. The Hall–Kier alpha value is -0.680. The average molecular weight is 500 g/mol. The Labute approximate surface area is 171 Å². The second kappa shape index (κ2) is 13.7. The molecule has 0 aliphatic rings. The molecule has 0 saturated carbocycles. The van der Waals surface area contributed by atoms with Gasteiger partial charge < -0.3 is 10.2 Å². The summed E-state index contributed by atoms with van der Waals surface area (Å²) in [5, 5.41) is 10.7. The maximum atomic E-state index is 12.2. The zero-order chi connectivity index (χ0) is 24.2. The summed E-state index contributed by atoms with van der Waals surface area (Å²) < 4.78 is 126. The van der Waals surface area contributed by atoms with Crippen LogP contribution in [0, 0.1) is 0 Å². The minimum Gasteiger partial charge on any atom is -0.396 e. The largest absolute Gasteiger partial charge is 0.407 e. The molecule has 0 aliphatic heterocycles. The first kappa shape index (κ1) is 31.5. The lowest BCUT2D eigenvalue weighted by atomic mass is 10.3. The molecular weight excluding hydrogens is 474 g/mol. The van der Waals surface area contributed by atoms with Crippen LogP contribution in [0.25, 0.3) is 0 Å². The van der Waals surface area contributed by atoms with E-state index in [0.29, 0.717) is 13.8 Å². The molecule has 0 spiro atoms. The van der Waals surface area contributed by atoms with Crippen molar-refractivity contribution in [3.05, 3.63) is 0 Å². The van der Waals surface area contributed by atoms with Crippen molar-refractivity contribution >= 4 is 20.2 Å². The summed E-state index contributed by atoms with van der Waals surface area (Å²) in [6.07, 6.45) is -9.06. The normalized spacial score (nSPS) is 15.3. The van der Waals surface area contributed by atoms with Gasteiger partial charge in [-0.2, -0.15) is 43.2 Å². The van der Waals surface area contributed by atoms with Gasteiger partial charge in [0.15, 0.2) is 10.5 Å². The van der Waals surface area contributed by atoms with Crippen LogP contribution in [0.15, 0.2) is 0 Å². The van der Waals surface area contributed by atoms with Gasteiger partial charge in [-0.1, -0.05) is 0 Å². The SMILES string of the molecule is CC(C(F)(F)F)S(=O)(=O)OCCCCOS(=O)(=O)C(C)C(F)(F)F.OCCCCO. The van der Waals surface area contributed by atoms with Gasteiger partial charge in [0.1, 0.15) is 0 Å². The Kier molecular flexibility index (Phi) is 14.4. The zero-order valence-corrected chi connectivity index (χ0v) is 17.9. The molecule has 2 unspecified atom stereocenters. The molecule has 0 saturated heterocycles. The van der Waals surface area contributed by atoms with Gasteiger partial charge in [-0.25, -0.2) is 0 Å². The molecule has 0 aromatic rings. The molecule has 8 nitrogen and oxygen atoms in total. The Morgan fingerprint density at radius 3 is 1.13 bits per heavy atom. The summed E-state index contributed by atoms with van der Waals surface area (Å²) in [5.74, 6) is 0. The molecule has 16 heteroatoms. The molecule has 0 radical (unpaired) electrons. The maximum absolute atomic E-state index is 12.2. The molecule has 0 amide bonds. The van der Waals surface area contributed by atoms with Gasteiger partial charge >= 0.3 is 12.4 Å². The second-order valence-electron chi connectivity index (χ2n) is 5.86. The Morgan fingerprint density at radius 1 is 0.667 bits per heavy atom. The van der Waals surface area contributed by atoms with Gasteiger partial charge in [-0.3, -0.25) is 8.37 Å². The lowest BCUT2D eigenvalue weighted by Crippen LogP contribution is -2.35. The van der Waals surface area contributed by atoms with Gasteiger partial charge in [0.2, 0.25) is 0 Å². The predicted octanol–water partition coefficient (Wildman–Crippen LogP) is 2.11. The molecular formula is C14H26F6O8S2. The van der Waals surface area contributed by atoms with Crippen molar-refractivity contribution in [3.8, 4) is 0 Å². The van der Waals surface area contributed by atoms with Gasteiger partial charge in [0, 0.05) is 13.2 Å². The molecule has 184 valence electrons. The second-order valence-corrected chi connectivity index (χ2v) is 9.72. The number of halogens is 6. The minimum absolute atomic E-state index is 0.195. The van der Waals surface area contributed by atoms with Crippen molar-refractivity contribution in [1.29, 1.82) is 0 Å². The number of hydrogen-bond donors (Lipinski definition) is 2. The molecule has 0 bridgehead atoms. The van der Waals surface area contributed by atoms with E-state index < -0.39 is 56.3 Å². The smallest absolute Gasteiger partial charge is 0.396 e. The first-order chi connectivity index (χ1) is 13.4. The quantitative estimate of drug-likeness (QED) is 0.237. The number of hydrogen-bond acceptors (Lipinski definition) is 8. The van der Waals surface area contributed by atoms with E-state index in [4.69, 9.17) is 10.2 Å². The lowest BCUT2D eigenvalue weighted by molar-refractivity contribution is -0.129. The summed E-state index contributed by atoms with van der Waals surface area (Å²) in [6, 6.07) is 0. The Morgan fingerprint density at radius 2 is 0.933 bits per heavy atom. The van der Waals surface area contributed by atoms with E-state index in [1.807, 2.05) is 0 Å². The molecule has 0 aromatic carbocycles. The average Bonchev–Trinajstić information content (AvgIpc) is 2.60. The van der Waals surface area contributed by atoms with Crippen LogP contribution in [-0.2, 0) is 28.6 Å². The number of unbranched alkanes of at least 4 members (excludes halogenated alkanes) is 2. The van der Waals surface area contributed by atoms with Crippen LogP contribution in [0.3, 0.4) is 0 Å². The number of rotatable bonds is 12. The number of aliphatic hydroxyl groups excluding tert-OH is 2. The molecule has 0 heterocycles. The first-order valence-electron chi connectivity index (χ1n) is 8.55. The third-order valence-corrected chi connectivity index (χ3v) is 6.65. The number of aliphatic hydroxyl groups is 2. The van der Waals surface area contributed by atoms with Crippen molar-refractivity contribution in [2.45, 2.75) is 62.4 Å². The van der Waals surface area contributed by atoms with E-state index >= 15 is 0 Å². The van der Waals surface area contributed by atoms with Crippen molar-refractivity contribution in [2.75, 3.05) is 26.4 Å². The van der Waals surface area contributed by atoms with Crippen LogP contribution in [0.5, 0.6) is 0 Å². The summed E-state index contributed by atoms with van der Waals surface area (Å²) >= 11 is 0. The van der Waals surface area contributed by atoms with Crippen LogP contribution in [0.4, 0.5) is 26.3 Å². The van der Waals surface area contributed by atoms with Crippen molar-refractivity contribution in [3.63, 3.8) is 0 Å². The summed E-state index contributed by atoms with van der Waals surface area (Å²) in [4.78, 5) is 0. The van der Waals surface area contributed by atoms with Crippen LogP contribution in [0.1, 0.15) is 39.5 Å². The van der Waals surface area contributed by atoms with Gasteiger partial charge in [-0.05, 0) is 39.5 Å². The molecule has 0 aliphatic carbocycles. The van der Waals surface area contributed by atoms with Gasteiger partial charge in [0.05, 0.1) is 13.2 Å². The molecule has 30 heavy (non-hydrogen) atoms. The van der Waals surface area contributed by atoms with Crippen LogP contribution < -0.4 is 0 Å². The molecule has 2 N–H and O–H groups in total. The van der Waals surface area contributed by atoms with Crippen LogP contribution in [-0.4, -0.2) is 76.3 Å². The van der Waals surface area contributed by atoms with Gasteiger partial charge in [-0.15, -0.1) is 0 Å². The fourth-order valence-electron chi connectivity index (χ4n) is 1.31. The predicted molar refractivity (Wildman–Crippen MR) is 93.4 cm³/mol. The Balaban J connectivity index is 0. The van der Waals surface area contributed by atoms with E-state index in [1.165, 1.54) is 0 Å². The van der Waals surface area contributed by atoms with E-state index in [-0.39, 0.29) is 26.1 Å². The molecule has 0 rings (SSSR count). The molecule has 0 aromatic heterocycles. The van der Waals surface area contributed by atoms with E-state index in [9.17, 15) is 43.2 Å². The monoisotopic (exact) mass is 500 g/mol. The molecule has 2 atom stereocenters. The fraction of sp³-hybridized carbons (Fsp3) is 1.00. The van der Waals surface area contributed by atoms with E-state index in [0.717, 1.165) is 12.8 Å². The maximum Gasteiger partial charge on any atom is 0.407 e. The third kappa shape index (κ3) is 13.6. The highest BCUT2D eigenvalue weighted by Gasteiger charge is 2.46. The lowest BCUT2D eigenvalue weighted by Gasteiger charge is -2.16. The first-order valence-corrected chi connectivity index (χ1v) is 11.5. The van der Waals surface area contributed by atoms with E-state index in [1.54, 1.807) is 0 Å². The number of alkyl halides is 6. The minimum atomic E-state index is -5.01. The van der Waals surface area contributed by atoms with E-state index in [2.05, 4.69) is 8.37 Å². The topological polar surface area (TPSA) is 127 Å². The zero-order valence-electron chi connectivity index (χ0n) is 16.2. The van der Waals surface area contributed by atoms with Crippen LogP contribution >= 0.6 is 0 Å². The summed E-state index contributed by atoms with van der Waals surface area (Å²) in [7, 11) is -9.80. The standard InChI is InChI=1S/C10H16F6O6S2.C4H10O2/c1-7(9(11,12)13)23(17,18)21-5-3-4-6-22-24(19,20)8(2)10(14,15)16;5-3-1-2-4-6/h7-8H,3-6H2,1-2H3;5-6H,1-4H2. The third-order valence-electron chi connectivity index (χ3n) is 3.39. The van der Waals surface area contributed by atoms with Crippen LogP contribution in [0.2, 0.25) is 0 Å². The van der Waals surface area contributed by atoms with Crippen molar-refractivity contribution in [1.82, 2.24) is 0 Å². The van der Waals surface area contributed by atoms with Crippen molar-refractivity contribution in [2.24, 2.45) is 0 Å². The van der Waals surface area contributed by atoms with Gasteiger partial charge in [0.25, 0.3) is 20.2 Å². The highest BCUT2D eigenvalue weighted by atomic mass is 32.2.